The molecule has 1 amide bonds. The smallest absolute Gasteiger partial charge is 0.223 e. The van der Waals surface area contributed by atoms with Gasteiger partial charge in [0.2, 0.25) is 5.91 Å². The molecule has 0 aromatic carbocycles. The maximum atomic E-state index is 12.5. The predicted octanol–water partition coefficient (Wildman–Crippen LogP) is 1.23. The minimum atomic E-state index is 0.140. The zero-order chi connectivity index (χ0) is 17.5. The number of nitrogens with zero attached hydrogens (tertiary/aromatic N) is 4. The average molecular weight is 346 g/mol. The number of carbonyl (C=O) groups is 1. The topological polar surface area (TPSA) is 48.9 Å². The van der Waals surface area contributed by atoms with Crippen LogP contribution in [0.1, 0.15) is 24.8 Å². The molecule has 0 saturated carbocycles. The largest absolute Gasteiger partial charge is 0.372 e. The van der Waals surface area contributed by atoms with Crippen LogP contribution in [0.4, 0.5) is 0 Å². The second-order valence-electron chi connectivity index (χ2n) is 7.17. The molecule has 0 aliphatic carbocycles. The van der Waals surface area contributed by atoms with Crippen LogP contribution >= 0.6 is 0 Å². The lowest BCUT2D eigenvalue weighted by Gasteiger charge is -2.35. The van der Waals surface area contributed by atoms with Crippen molar-refractivity contribution >= 4 is 5.91 Å². The molecule has 3 rings (SSSR count). The number of aromatic nitrogens is 1. The highest BCUT2D eigenvalue weighted by molar-refractivity contribution is 5.76. The second-order valence-corrected chi connectivity index (χ2v) is 7.17. The summed E-state index contributed by atoms with van der Waals surface area (Å²) in [5.41, 5.74) is 1.08. The van der Waals surface area contributed by atoms with Gasteiger partial charge < -0.3 is 19.4 Å². The summed E-state index contributed by atoms with van der Waals surface area (Å²) in [5.74, 6) is 0.272. The number of amides is 1. The Balaban J connectivity index is 1.39. The van der Waals surface area contributed by atoms with E-state index in [1.54, 1.807) is 6.20 Å². The molecule has 2 aliphatic heterocycles. The number of ether oxygens (including phenoxy) is 1. The van der Waals surface area contributed by atoms with Crippen LogP contribution < -0.4 is 0 Å². The van der Waals surface area contributed by atoms with E-state index in [2.05, 4.69) is 21.8 Å². The third-order valence-electron chi connectivity index (χ3n) is 5.18. The fraction of sp³-hybridized carbons (Fsp3) is 0.684. The molecule has 2 saturated heterocycles. The minimum absolute atomic E-state index is 0.140. The Hall–Kier alpha value is -1.50. The zero-order valence-corrected chi connectivity index (χ0v) is 15.3. The number of pyridine rings is 1. The van der Waals surface area contributed by atoms with Crippen LogP contribution in [-0.2, 0) is 16.1 Å². The van der Waals surface area contributed by atoms with E-state index in [0.717, 1.165) is 64.2 Å². The van der Waals surface area contributed by atoms with Crippen molar-refractivity contribution in [3.8, 4) is 0 Å². The van der Waals surface area contributed by atoms with Crippen molar-refractivity contribution in [2.75, 3.05) is 52.9 Å². The highest BCUT2D eigenvalue weighted by Crippen LogP contribution is 2.16. The molecule has 1 aromatic rings. The summed E-state index contributed by atoms with van der Waals surface area (Å²) in [4.78, 5) is 23.4. The fourth-order valence-corrected chi connectivity index (χ4v) is 3.48. The first kappa shape index (κ1) is 18.3. The van der Waals surface area contributed by atoms with Crippen molar-refractivity contribution in [2.24, 2.45) is 0 Å². The molecule has 25 heavy (non-hydrogen) atoms. The van der Waals surface area contributed by atoms with E-state index in [0.29, 0.717) is 13.0 Å². The molecule has 2 aliphatic rings. The second kappa shape index (κ2) is 9.27. The van der Waals surface area contributed by atoms with Crippen LogP contribution in [-0.4, -0.2) is 84.6 Å². The van der Waals surface area contributed by atoms with Crippen LogP contribution in [0.15, 0.2) is 24.5 Å². The first-order valence-electron chi connectivity index (χ1n) is 9.40. The third kappa shape index (κ3) is 5.76. The molecule has 6 nitrogen and oxygen atoms in total. The number of likely N-dealkylation sites (tertiary alicyclic amines) is 1. The van der Waals surface area contributed by atoms with Crippen LogP contribution in [0.5, 0.6) is 0 Å². The molecule has 0 bridgehead atoms. The standard InChI is InChI=1S/C19H30N4O2/c1-21-10-12-22(13-11-21)9-6-19(24)23-8-3-5-18(15-23)25-16-17-4-2-7-20-14-17/h2,4,7,14,18H,3,5-6,8-13,15-16H2,1H3/t18-/m0/s1. The van der Waals surface area contributed by atoms with E-state index in [1.807, 2.05) is 23.2 Å². The summed E-state index contributed by atoms with van der Waals surface area (Å²) >= 11 is 0. The molecule has 3 heterocycles. The highest BCUT2D eigenvalue weighted by Gasteiger charge is 2.24. The Morgan fingerprint density at radius 2 is 2.12 bits per heavy atom. The number of carbonyl (C=O) groups excluding carboxylic acids is 1. The van der Waals surface area contributed by atoms with Gasteiger partial charge >= 0.3 is 0 Å². The van der Waals surface area contributed by atoms with Crippen LogP contribution in [0, 0.1) is 0 Å². The summed E-state index contributed by atoms with van der Waals surface area (Å²) in [6.45, 7) is 7.38. The van der Waals surface area contributed by atoms with Gasteiger partial charge in [-0.2, -0.15) is 0 Å². The minimum Gasteiger partial charge on any atom is -0.372 e. The van der Waals surface area contributed by atoms with E-state index in [4.69, 9.17) is 4.74 Å². The van der Waals surface area contributed by atoms with Gasteiger partial charge in [-0.05, 0) is 31.5 Å². The van der Waals surface area contributed by atoms with Gasteiger partial charge in [0.05, 0.1) is 12.7 Å². The molecule has 6 heteroatoms. The molecule has 1 aromatic heterocycles. The Morgan fingerprint density at radius 3 is 2.88 bits per heavy atom. The van der Waals surface area contributed by atoms with E-state index < -0.39 is 0 Å². The molecule has 2 fully saturated rings. The molecular weight excluding hydrogens is 316 g/mol. The lowest BCUT2D eigenvalue weighted by molar-refractivity contribution is -0.136. The van der Waals surface area contributed by atoms with Gasteiger partial charge in [0.25, 0.3) is 0 Å². The van der Waals surface area contributed by atoms with Gasteiger partial charge in [0, 0.05) is 64.6 Å². The Morgan fingerprint density at radius 1 is 1.28 bits per heavy atom. The maximum absolute atomic E-state index is 12.5. The normalized spacial score (nSPS) is 22.9. The lowest BCUT2D eigenvalue weighted by Crippen LogP contribution is -2.47. The first-order valence-corrected chi connectivity index (χ1v) is 9.40. The SMILES string of the molecule is CN1CCN(CCC(=O)N2CCC[C@H](OCc3cccnc3)C2)CC1. The van der Waals surface area contributed by atoms with E-state index in [-0.39, 0.29) is 12.0 Å². The third-order valence-corrected chi connectivity index (χ3v) is 5.18. The Bertz CT molecular complexity index is 531. The average Bonchev–Trinajstić information content (AvgIpc) is 2.67. The van der Waals surface area contributed by atoms with Crippen molar-refractivity contribution in [1.29, 1.82) is 0 Å². The van der Waals surface area contributed by atoms with Gasteiger partial charge in [0.1, 0.15) is 0 Å². The Labute approximate surface area is 150 Å². The number of likely N-dealkylation sites (N-methyl/N-ethyl adjacent to an activating group) is 1. The van der Waals surface area contributed by atoms with E-state index >= 15 is 0 Å². The van der Waals surface area contributed by atoms with Crippen molar-refractivity contribution < 1.29 is 9.53 Å². The van der Waals surface area contributed by atoms with E-state index in [1.165, 1.54) is 0 Å². The number of hydrogen-bond donors (Lipinski definition) is 0. The van der Waals surface area contributed by atoms with Crippen molar-refractivity contribution in [1.82, 2.24) is 19.7 Å². The summed E-state index contributed by atoms with van der Waals surface area (Å²) in [5, 5.41) is 0. The monoisotopic (exact) mass is 346 g/mol. The van der Waals surface area contributed by atoms with Crippen LogP contribution in [0.2, 0.25) is 0 Å². The molecule has 138 valence electrons. The number of hydrogen-bond acceptors (Lipinski definition) is 5. The molecule has 0 unspecified atom stereocenters. The number of piperazine rings is 1. The summed E-state index contributed by atoms with van der Waals surface area (Å²) < 4.78 is 6.01. The maximum Gasteiger partial charge on any atom is 0.223 e. The fourth-order valence-electron chi connectivity index (χ4n) is 3.48. The van der Waals surface area contributed by atoms with E-state index in [9.17, 15) is 4.79 Å². The van der Waals surface area contributed by atoms with Gasteiger partial charge in [-0.25, -0.2) is 0 Å². The molecule has 0 spiro atoms. The van der Waals surface area contributed by atoms with Crippen molar-refractivity contribution in [3.05, 3.63) is 30.1 Å². The number of piperidine rings is 1. The predicted molar refractivity (Wildman–Crippen MR) is 97.2 cm³/mol. The summed E-state index contributed by atoms with van der Waals surface area (Å²) in [6.07, 6.45) is 6.42. The molecule has 0 N–H and O–H groups in total. The molecule has 1 atom stereocenters. The quantitative estimate of drug-likeness (QED) is 0.775. The van der Waals surface area contributed by atoms with Crippen molar-refractivity contribution in [3.63, 3.8) is 0 Å². The lowest BCUT2D eigenvalue weighted by atomic mass is 10.1. The van der Waals surface area contributed by atoms with Gasteiger partial charge in [-0.3, -0.25) is 9.78 Å². The Kier molecular flexibility index (Phi) is 6.78. The highest BCUT2D eigenvalue weighted by atomic mass is 16.5. The summed E-state index contributed by atoms with van der Waals surface area (Å²) in [7, 11) is 2.15. The number of rotatable bonds is 6. The van der Waals surface area contributed by atoms with Crippen molar-refractivity contribution in [2.45, 2.75) is 32.0 Å². The van der Waals surface area contributed by atoms with Crippen LogP contribution in [0.25, 0.3) is 0 Å². The first-order chi connectivity index (χ1) is 12.2. The van der Waals surface area contributed by atoms with Gasteiger partial charge in [-0.1, -0.05) is 6.07 Å². The van der Waals surface area contributed by atoms with Gasteiger partial charge in [0.15, 0.2) is 0 Å². The van der Waals surface area contributed by atoms with Crippen LogP contribution in [0.3, 0.4) is 0 Å². The summed E-state index contributed by atoms with van der Waals surface area (Å²) in [6, 6.07) is 3.95. The molecule has 0 radical (unpaired) electrons. The van der Waals surface area contributed by atoms with Gasteiger partial charge in [-0.15, -0.1) is 0 Å². The zero-order valence-electron chi connectivity index (χ0n) is 15.3. The molecular formula is C19H30N4O2.